The first kappa shape index (κ1) is 15.6. The predicted molar refractivity (Wildman–Crippen MR) is 76.5 cm³/mol. The second-order valence-electron chi connectivity index (χ2n) is 5.23. The van der Waals surface area contributed by atoms with Gasteiger partial charge in [-0.15, -0.1) is 0 Å². The molecular weight excluding hydrogens is 273 g/mol. The van der Waals surface area contributed by atoms with E-state index in [4.69, 9.17) is 4.74 Å². The molecule has 1 saturated heterocycles. The van der Waals surface area contributed by atoms with Gasteiger partial charge >= 0.3 is 5.97 Å². The Morgan fingerprint density at radius 1 is 1.24 bits per heavy atom. The third-order valence-electron chi connectivity index (χ3n) is 3.74. The van der Waals surface area contributed by atoms with Gasteiger partial charge in [0.2, 0.25) is 0 Å². The summed E-state index contributed by atoms with van der Waals surface area (Å²) in [4.78, 5) is 25.8. The summed E-state index contributed by atoms with van der Waals surface area (Å²) in [6.07, 6.45) is 1.44. The third-order valence-corrected chi connectivity index (χ3v) is 3.74. The zero-order valence-corrected chi connectivity index (χ0v) is 12.2. The van der Waals surface area contributed by atoms with Crippen molar-refractivity contribution in [3.05, 3.63) is 35.6 Å². The molecule has 0 atom stereocenters. The minimum atomic E-state index is -0.346. The Morgan fingerprint density at radius 2 is 1.86 bits per heavy atom. The molecule has 0 unspecified atom stereocenters. The number of halogens is 1. The first-order chi connectivity index (χ1) is 10.1. The number of carbonyl (C=O) groups excluding carboxylic acids is 2. The summed E-state index contributed by atoms with van der Waals surface area (Å²) in [5, 5.41) is 0. The molecule has 1 aliphatic rings. The minimum Gasteiger partial charge on any atom is -0.466 e. The van der Waals surface area contributed by atoms with Crippen LogP contribution in [0.1, 0.15) is 30.1 Å². The summed E-state index contributed by atoms with van der Waals surface area (Å²) in [6.45, 7) is 3.92. The van der Waals surface area contributed by atoms with Crippen LogP contribution in [-0.4, -0.2) is 42.9 Å². The number of benzene rings is 1. The number of rotatable bonds is 5. The smallest absolute Gasteiger partial charge is 0.309 e. The molecule has 1 fully saturated rings. The topological polar surface area (TPSA) is 46.6 Å². The molecule has 0 N–H and O–H groups in total. The molecule has 0 aliphatic carbocycles. The Labute approximate surface area is 123 Å². The number of ketones is 1. The number of piperidine rings is 1. The molecule has 114 valence electrons. The van der Waals surface area contributed by atoms with Crippen molar-refractivity contribution in [1.29, 1.82) is 0 Å². The van der Waals surface area contributed by atoms with Gasteiger partial charge in [-0.3, -0.25) is 14.5 Å². The molecule has 1 heterocycles. The highest BCUT2D eigenvalue weighted by molar-refractivity contribution is 5.97. The highest BCUT2D eigenvalue weighted by Gasteiger charge is 2.26. The largest absolute Gasteiger partial charge is 0.466 e. The molecule has 21 heavy (non-hydrogen) atoms. The van der Waals surface area contributed by atoms with Crippen LogP contribution in [0.5, 0.6) is 0 Å². The van der Waals surface area contributed by atoms with Gasteiger partial charge in [0.15, 0.2) is 5.78 Å². The van der Waals surface area contributed by atoms with Gasteiger partial charge in [-0.05, 0) is 57.1 Å². The van der Waals surface area contributed by atoms with Gasteiger partial charge in [0.25, 0.3) is 0 Å². The van der Waals surface area contributed by atoms with E-state index in [1.165, 1.54) is 24.3 Å². The molecule has 0 spiro atoms. The molecule has 5 heteroatoms. The van der Waals surface area contributed by atoms with E-state index in [1.54, 1.807) is 6.92 Å². The number of esters is 1. The van der Waals surface area contributed by atoms with Gasteiger partial charge in [-0.25, -0.2) is 4.39 Å². The van der Waals surface area contributed by atoms with E-state index in [2.05, 4.69) is 0 Å². The molecule has 0 saturated carbocycles. The van der Waals surface area contributed by atoms with Crippen LogP contribution in [-0.2, 0) is 9.53 Å². The van der Waals surface area contributed by atoms with Crippen molar-refractivity contribution in [2.24, 2.45) is 5.92 Å². The van der Waals surface area contributed by atoms with Crippen LogP contribution >= 0.6 is 0 Å². The summed E-state index contributed by atoms with van der Waals surface area (Å²) >= 11 is 0. The number of hydrogen-bond donors (Lipinski definition) is 0. The maximum Gasteiger partial charge on any atom is 0.309 e. The Kier molecular flexibility index (Phi) is 5.44. The van der Waals surface area contributed by atoms with E-state index < -0.39 is 0 Å². The van der Waals surface area contributed by atoms with Gasteiger partial charge in [-0.2, -0.15) is 0 Å². The maximum absolute atomic E-state index is 12.8. The summed E-state index contributed by atoms with van der Waals surface area (Å²) in [5.74, 6) is -0.560. The SMILES string of the molecule is CCOC(=O)C1CCN(CC(=O)c2ccc(F)cc2)CC1. The average Bonchev–Trinajstić information content (AvgIpc) is 2.49. The lowest BCUT2D eigenvalue weighted by Gasteiger charge is -2.30. The molecule has 0 amide bonds. The van der Waals surface area contributed by atoms with Crippen molar-refractivity contribution in [1.82, 2.24) is 4.90 Å². The lowest BCUT2D eigenvalue weighted by molar-refractivity contribution is -0.149. The number of nitrogens with zero attached hydrogens (tertiary/aromatic N) is 1. The quantitative estimate of drug-likeness (QED) is 0.617. The van der Waals surface area contributed by atoms with Gasteiger partial charge in [0, 0.05) is 5.56 Å². The van der Waals surface area contributed by atoms with Crippen LogP contribution in [0.25, 0.3) is 0 Å². The monoisotopic (exact) mass is 293 g/mol. The van der Waals surface area contributed by atoms with Gasteiger partial charge in [0.1, 0.15) is 5.82 Å². The number of ether oxygens (including phenoxy) is 1. The summed E-state index contributed by atoms with van der Waals surface area (Å²) in [7, 11) is 0. The van der Waals surface area contributed by atoms with Crippen LogP contribution in [0, 0.1) is 11.7 Å². The van der Waals surface area contributed by atoms with E-state index in [0.29, 0.717) is 31.8 Å². The number of carbonyl (C=O) groups is 2. The molecule has 4 nitrogen and oxygen atoms in total. The molecule has 1 aromatic carbocycles. The Hall–Kier alpha value is -1.75. The molecule has 1 aliphatic heterocycles. The van der Waals surface area contributed by atoms with Crippen molar-refractivity contribution in [3.8, 4) is 0 Å². The fourth-order valence-electron chi connectivity index (χ4n) is 2.52. The lowest BCUT2D eigenvalue weighted by Crippen LogP contribution is -2.39. The van der Waals surface area contributed by atoms with Crippen LogP contribution in [0.2, 0.25) is 0 Å². The van der Waals surface area contributed by atoms with Crippen molar-refractivity contribution in [2.75, 3.05) is 26.2 Å². The maximum atomic E-state index is 12.8. The summed E-state index contributed by atoms with van der Waals surface area (Å²) < 4.78 is 17.8. The van der Waals surface area contributed by atoms with Crippen molar-refractivity contribution < 1.29 is 18.7 Å². The summed E-state index contributed by atoms with van der Waals surface area (Å²) in [5.41, 5.74) is 0.518. The zero-order valence-electron chi connectivity index (χ0n) is 12.2. The minimum absolute atomic E-state index is 0.0235. The third kappa shape index (κ3) is 4.36. The normalized spacial score (nSPS) is 16.7. The van der Waals surface area contributed by atoms with E-state index in [-0.39, 0.29) is 23.5 Å². The first-order valence-electron chi connectivity index (χ1n) is 7.28. The van der Waals surface area contributed by atoms with Crippen LogP contribution in [0.4, 0.5) is 4.39 Å². The van der Waals surface area contributed by atoms with E-state index >= 15 is 0 Å². The first-order valence-corrected chi connectivity index (χ1v) is 7.28. The second kappa shape index (κ2) is 7.31. The average molecular weight is 293 g/mol. The number of likely N-dealkylation sites (tertiary alicyclic amines) is 1. The lowest BCUT2D eigenvalue weighted by atomic mass is 9.96. The van der Waals surface area contributed by atoms with Gasteiger partial charge < -0.3 is 4.74 Å². The van der Waals surface area contributed by atoms with E-state index in [0.717, 1.165) is 12.8 Å². The highest BCUT2D eigenvalue weighted by Crippen LogP contribution is 2.19. The van der Waals surface area contributed by atoms with Crippen LogP contribution in [0.3, 0.4) is 0 Å². The Balaban J connectivity index is 1.82. The molecule has 0 radical (unpaired) electrons. The number of hydrogen-bond acceptors (Lipinski definition) is 4. The highest BCUT2D eigenvalue weighted by atomic mass is 19.1. The molecule has 1 aromatic rings. The van der Waals surface area contributed by atoms with E-state index in [1.807, 2.05) is 4.90 Å². The van der Waals surface area contributed by atoms with Crippen molar-refractivity contribution in [2.45, 2.75) is 19.8 Å². The van der Waals surface area contributed by atoms with Crippen molar-refractivity contribution in [3.63, 3.8) is 0 Å². The second-order valence-corrected chi connectivity index (χ2v) is 5.23. The van der Waals surface area contributed by atoms with Gasteiger partial charge in [0.05, 0.1) is 19.1 Å². The number of Topliss-reactive ketones (excluding diaryl/α,β-unsaturated/α-hetero) is 1. The van der Waals surface area contributed by atoms with Crippen LogP contribution in [0.15, 0.2) is 24.3 Å². The Morgan fingerprint density at radius 3 is 2.43 bits per heavy atom. The Bertz CT molecular complexity index is 493. The fraction of sp³-hybridized carbons (Fsp3) is 0.500. The summed E-state index contributed by atoms with van der Waals surface area (Å²) in [6, 6.07) is 5.59. The predicted octanol–water partition coefficient (Wildman–Crippen LogP) is 2.28. The molecule has 2 rings (SSSR count). The molecule has 0 aromatic heterocycles. The van der Waals surface area contributed by atoms with E-state index in [9.17, 15) is 14.0 Å². The standard InChI is InChI=1S/C16H20FNO3/c1-2-21-16(20)13-7-9-18(10-8-13)11-15(19)12-3-5-14(17)6-4-12/h3-6,13H,2,7-11H2,1H3. The van der Waals surface area contributed by atoms with Gasteiger partial charge in [-0.1, -0.05) is 0 Å². The zero-order chi connectivity index (χ0) is 15.2. The van der Waals surface area contributed by atoms with Crippen molar-refractivity contribution >= 4 is 11.8 Å². The fourth-order valence-corrected chi connectivity index (χ4v) is 2.52. The molecular formula is C16H20FNO3. The van der Waals surface area contributed by atoms with Crippen LogP contribution < -0.4 is 0 Å². The molecule has 0 bridgehead atoms.